The van der Waals surface area contributed by atoms with Crippen LogP contribution in [0.25, 0.3) is 0 Å². The quantitative estimate of drug-likeness (QED) is 0.709. The lowest BCUT2D eigenvalue weighted by atomic mass is 9.92. The van der Waals surface area contributed by atoms with Crippen molar-refractivity contribution in [2.45, 2.75) is 53.1 Å². The average Bonchev–Trinajstić information content (AvgIpc) is 3.20. The predicted octanol–water partition coefficient (Wildman–Crippen LogP) is 2.67. The lowest BCUT2D eigenvalue weighted by Crippen LogP contribution is -2.33. The molecule has 1 atom stereocenters. The molecule has 2 aromatic rings. The minimum Gasteiger partial charge on any atom is -0.478 e. The number of carbonyl (C=O) groups excluding carboxylic acids is 1. The molecule has 2 heterocycles. The van der Waals surface area contributed by atoms with Gasteiger partial charge in [-0.3, -0.25) is 9.48 Å². The van der Waals surface area contributed by atoms with Crippen molar-refractivity contribution in [1.29, 1.82) is 0 Å². The van der Waals surface area contributed by atoms with Crippen LogP contribution in [0.5, 0.6) is 0 Å². The van der Waals surface area contributed by atoms with Gasteiger partial charge in [0.25, 0.3) is 0 Å². The van der Waals surface area contributed by atoms with E-state index in [0.29, 0.717) is 18.8 Å². The number of nitrogens with zero attached hydrogens (tertiary/aromatic N) is 3. The Balaban J connectivity index is 2.03. The normalized spacial score (nSPS) is 12.5. The van der Waals surface area contributed by atoms with Gasteiger partial charge in [-0.1, -0.05) is 19.0 Å². The Bertz CT molecular complexity index is 748. The Kier molecular flexibility index (Phi) is 6.54. The van der Waals surface area contributed by atoms with Crippen LogP contribution < -0.4 is 5.32 Å². The topological polar surface area (TPSA) is 110 Å². The molecule has 1 unspecified atom stereocenters. The fraction of sp³-hybridized carbons (Fsp3) is 0.556. The Morgan fingerprint density at radius 2 is 2.04 bits per heavy atom. The molecule has 0 bridgehead atoms. The van der Waals surface area contributed by atoms with E-state index >= 15 is 0 Å². The number of nitrogens with one attached hydrogen (secondary N) is 1. The number of amides is 1. The number of aromatic nitrogens is 3. The summed E-state index contributed by atoms with van der Waals surface area (Å²) in [7, 11) is 0. The van der Waals surface area contributed by atoms with E-state index in [1.807, 2.05) is 30.8 Å². The highest BCUT2D eigenvalue weighted by Crippen LogP contribution is 2.18. The Morgan fingerprint density at radius 1 is 1.31 bits per heavy atom. The molecular formula is C18H26N4O4. The van der Waals surface area contributed by atoms with Crippen molar-refractivity contribution in [2.75, 3.05) is 0 Å². The van der Waals surface area contributed by atoms with Gasteiger partial charge in [-0.25, -0.2) is 4.79 Å². The number of carboxylic acid groups (broad SMARTS) is 1. The second-order valence-corrected chi connectivity index (χ2v) is 7.11. The maximum Gasteiger partial charge on any atom is 0.341 e. The van der Waals surface area contributed by atoms with Crippen LogP contribution in [-0.2, 0) is 17.8 Å². The van der Waals surface area contributed by atoms with Gasteiger partial charge in [0, 0.05) is 24.6 Å². The van der Waals surface area contributed by atoms with Gasteiger partial charge in [-0.2, -0.15) is 5.10 Å². The van der Waals surface area contributed by atoms with E-state index in [-0.39, 0.29) is 35.7 Å². The lowest BCUT2D eigenvalue weighted by Gasteiger charge is -2.17. The average molecular weight is 362 g/mol. The summed E-state index contributed by atoms with van der Waals surface area (Å²) in [5.74, 6) is -1.17. The van der Waals surface area contributed by atoms with Crippen LogP contribution in [-0.4, -0.2) is 31.9 Å². The summed E-state index contributed by atoms with van der Waals surface area (Å²) >= 11 is 0. The van der Waals surface area contributed by atoms with Crippen LogP contribution in [0.1, 0.15) is 61.9 Å². The van der Waals surface area contributed by atoms with E-state index in [4.69, 9.17) is 9.63 Å². The minimum absolute atomic E-state index is 0.0198. The van der Waals surface area contributed by atoms with E-state index in [1.165, 1.54) is 0 Å². The van der Waals surface area contributed by atoms with Crippen molar-refractivity contribution < 1.29 is 19.2 Å². The maximum atomic E-state index is 12.6. The van der Waals surface area contributed by atoms with Crippen LogP contribution in [0.3, 0.4) is 0 Å². The second kappa shape index (κ2) is 8.64. The number of carboxylic acids is 1. The van der Waals surface area contributed by atoms with Gasteiger partial charge in [0.05, 0.1) is 12.2 Å². The smallest absolute Gasteiger partial charge is 0.341 e. The highest BCUT2D eigenvalue weighted by molar-refractivity contribution is 5.88. The van der Waals surface area contributed by atoms with E-state index < -0.39 is 5.97 Å². The van der Waals surface area contributed by atoms with Gasteiger partial charge in [-0.05, 0) is 32.3 Å². The molecule has 0 aliphatic carbocycles. The fourth-order valence-corrected chi connectivity index (χ4v) is 2.75. The van der Waals surface area contributed by atoms with Crippen LogP contribution in [0.2, 0.25) is 0 Å². The highest BCUT2D eigenvalue weighted by atomic mass is 16.5. The van der Waals surface area contributed by atoms with Crippen LogP contribution in [0.15, 0.2) is 23.0 Å². The predicted molar refractivity (Wildman–Crippen MR) is 94.6 cm³/mol. The zero-order valence-electron chi connectivity index (χ0n) is 15.6. The van der Waals surface area contributed by atoms with E-state index in [2.05, 4.69) is 29.4 Å². The lowest BCUT2D eigenvalue weighted by molar-refractivity contribution is -0.125. The summed E-state index contributed by atoms with van der Waals surface area (Å²) in [6, 6.07) is 2.20. The molecule has 2 N–H and O–H groups in total. The van der Waals surface area contributed by atoms with E-state index in [1.54, 1.807) is 0 Å². The third-order valence-corrected chi connectivity index (χ3v) is 4.08. The SMILES string of the molecule is CC(C)CC(Cc1ccn(C(C)C)n1)C(=O)NCc1nocc1C(=O)O. The monoisotopic (exact) mass is 362 g/mol. The Labute approximate surface area is 152 Å². The van der Waals surface area contributed by atoms with Gasteiger partial charge in [-0.15, -0.1) is 0 Å². The molecule has 2 rings (SSSR count). The maximum absolute atomic E-state index is 12.6. The van der Waals surface area contributed by atoms with E-state index in [9.17, 15) is 9.59 Å². The third kappa shape index (κ3) is 5.18. The molecule has 0 aliphatic heterocycles. The summed E-state index contributed by atoms with van der Waals surface area (Å²) < 4.78 is 6.56. The zero-order valence-corrected chi connectivity index (χ0v) is 15.6. The molecule has 2 aromatic heterocycles. The standard InChI is InChI=1S/C18H26N4O4/c1-11(2)7-13(8-14-5-6-22(20-14)12(3)4)17(23)19-9-16-15(18(24)25)10-26-21-16/h5-6,10-13H,7-9H2,1-4H3,(H,19,23)(H,24,25). The molecule has 26 heavy (non-hydrogen) atoms. The fourth-order valence-electron chi connectivity index (χ4n) is 2.75. The summed E-state index contributed by atoms with van der Waals surface area (Å²) in [6.45, 7) is 8.24. The Hall–Kier alpha value is -2.64. The molecule has 0 saturated heterocycles. The van der Waals surface area contributed by atoms with Crippen molar-refractivity contribution >= 4 is 11.9 Å². The second-order valence-electron chi connectivity index (χ2n) is 7.11. The Morgan fingerprint density at radius 3 is 2.62 bits per heavy atom. The zero-order chi connectivity index (χ0) is 19.3. The number of aromatic carboxylic acids is 1. The molecule has 8 heteroatoms. The van der Waals surface area contributed by atoms with Crippen molar-refractivity contribution in [3.8, 4) is 0 Å². The summed E-state index contributed by atoms with van der Waals surface area (Å²) in [4.78, 5) is 23.7. The molecule has 0 spiro atoms. The molecule has 1 amide bonds. The molecule has 0 aliphatic rings. The van der Waals surface area contributed by atoms with Crippen molar-refractivity contribution in [2.24, 2.45) is 11.8 Å². The first-order valence-corrected chi connectivity index (χ1v) is 8.76. The molecule has 0 fully saturated rings. The number of rotatable bonds is 9. The van der Waals surface area contributed by atoms with Gasteiger partial charge in [0.1, 0.15) is 17.5 Å². The molecule has 0 radical (unpaired) electrons. The van der Waals surface area contributed by atoms with Crippen LogP contribution in [0, 0.1) is 11.8 Å². The first-order valence-electron chi connectivity index (χ1n) is 8.76. The van der Waals surface area contributed by atoms with E-state index in [0.717, 1.165) is 12.0 Å². The van der Waals surface area contributed by atoms with Crippen molar-refractivity contribution in [3.63, 3.8) is 0 Å². The number of hydrogen-bond acceptors (Lipinski definition) is 5. The van der Waals surface area contributed by atoms with Crippen molar-refractivity contribution in [3.05, 3.63) is 35.5 Å². The molecule has 0 saturated carbocycles. The van der Waals surface area contributed by atoms with Gasteiger partial charge in [0.15, 0.2) is 0 Å². The van der Waals surface area contributed by atoms with Crippen molar-refractivity contribution in [1.82, 2.24) is 20.3 Å². The molecule has 0 aromatic carbocycles. The van der Waals surface area contributed by atoms with Crippen LogP contribution in [0.4, 0.5) is 0 Å². The van der Waals surface area contributed by atoms with Crippen LogP contribution >= 0.6 is 0 Å². The summed E-state index contributed by atoms with van der Waals surface area (Å²) in [5, 5.41) is 20.0. The minimum atomic E-state index is -1.13. The third-order valence-electron chi connectivity index (χ3n) is 4.08. The molecule has 8 nitrogen and oxygen atoms in total. The van der Waals surface area contributed by atoms with Gasteiger partial charge in [0.2, 0.25) is 5.91 Å². The van der Waals surface area contributed by atoms with Gasteiger partial charge < -0.3 is 14.9 Å². The summed E-state index contributed by atoms with van der Waals surface area (Å²) in [6.07, 6.45) is 4.23. The number of carbonyl (C=O) groups is 2. The molecular weight excluding hydrogens is 336 g/mol. The first-order chi connectivity index (χ1) is 12.3. The molecule has 142 valence electrons. The van der Waals surface area contributed by atoms with Gasteiger partial charge >= 0.3 is 5.97 Å². The number of hydrogen-bond donors (Lipinski definition) is 2. The summed E-state index contributed by atoms with van der Waals surface area (Å²) in [5.41, 5.74) is 1.03. The largest absolute Gasteiger partial charge is 0.478 e. The first kappa shape index (κ1) is 19.7. The highest BCUT2D eigenvalue weighted by Gasteiger charge is 2.23.